The van der Waals surface area contributed by atoms with Gasteiger partial charge in [-0.2, -0.15) is 13.2 Å². The molecule has 1 aliphatic carbocycles. The second-order valence-electron chi connectivity index (χ2n) is 7.36. The molecule has 9 heteroatoms. The van der Waals surface area contributed by atoms with Crippen LogP contribution in [0, 0.1) is 11.8 Å². The molecule has 0 saturated heterocycles. The molecule has 0 unspecified atom stereocenters. The quantitative estimate of drug-likeness (QED) is 0.271. The second kappa shape index (κ2) is 10.9. The molecule has 0 bridgehead atoms. The Kier molecular flexibility index (Phi) is 9.18. The smallest absolute Gasteiger partial charge is 0.377 e. The van der Waals surface area contributed by atoms with Crippen LogP contribution in [-0.2, 0) is 20.9 Å². The number of alkyl halides is 4. The van der Waals surface area contributed by atoms with E-state index in [-0.39, 0.29) is 10.8 Å². The van der Waals surface area contributed by atoms with Gasteiger partial charge >= 0.3 is 6.18 Å². The molecule has 0 amide bonds. The van der Waals surface area contributed by atoms with Crippen molar-refractivity contribution in [1.82, 2.24) is 4.31 Å². The lowest BCUT2D eigenvalue weighted by atomic mass is 9.82. The van der Waals surface area contributed by atoms with Crippen LogP contribution in [0.25, 0.3) is 0 Å². The summed E-state index contributed by atoms with van der Waals surface area (Å²) in [6, 6.07) is 3.65. The highest BCUT2D eigenvalue weighted by Crippen LogP contribution is 2.32. The summed E-state index contributed by atoms with van der Waals surface area (Å²) in [4.78, 5) is -0.119. The third-order valence-electron chi connectivity index (χ3n) is 5.19. The molecule has 0 N–H and O–H groups in total. The predicted molar refractivity (Wildman–Crippen MR) is 110 cm³/mol. The molecule has 29 heavy (non-hydrogen) atoms. The van der Waals surface area contributed by atoms with Gasteiger partial charge in [0, 0.05) is 25.5 Å². The summed E-state index contributed by atoms with van der Waals surface area (Å²) in [6.07, 6.45) is 3.28. The maximum absolute atomic E-state index is 12.7. The highest BCUT2D eigenvalue weighted by Gasteiger charge is 2.32. The van der Waals surface area contributed by atoms with E-state index in [1.54, 1.807) is 0 Å². The lowest BCUT2D eigenvalue weighted by molar-refractivity contribution is -0.137. The van der Waals surface area contributed by atoms with E-state index in [2.05, 4.69) is 15.9 Å². The van der Waals surface area contributed by atoms with Crippen molar-refractivity contribution in [1.29, 1.82) is 0 Å². The second-order valence-corrected chi connectivity index (χ2v) is 10.0. The van der Waals surface area contributed by atoms with E-state index in [1.165, 1.54) is 11.4 Å². The summed E-state index contributed by atoms with van der Waals surface area (Å²) in [5.41, 5.74) is -0.859. The molecule has 1 saturated carbocycles. The zero-order valence-electron chi connectivity index (χ0n) is 16.4. The van der Waals surface area contributed by atoms with E-state index in [0.717, 1.165) is 55.3 Å². The van der Waals surface area contributed by atoms with Gasteiger partial charge in [-0.3, -0.25) is 0 Å². The van der Waals surface area contributed by atoms with Crippen LogP contribution in [0.4, 0.5) is 13.2 Å². The van der Waals surface area contributed by atoms with Gasteiger partial charge in [0.1, 0.15) is 0 Å². The zero-order chi connectivity index (χ0) is 21.5. The highest BCUT2D eigenvalue weighted by molar-refractivity contribution is 9.09. The molecule has 0 aliphatic heterocycles. The first-order valence-electron chi connectivity index (χ1n) is 9.57. The summed E-state index contributed by atoms with van der Waals surface area (Å²) >= 11 is 3.31. The SMILES string of the molecule is CN(C[C@H]1CC[C@H](COC/C=C/CBr)CC1)S(=O)(=O)c1ccc(C(F)(F)F)cc1. The van der Waals surface area contributed by atoms with Crippen LogP contribution in [0.2, 0.25) is 0 Å². The van der Waals surface area contributed by atoms with Crippen molar-refractivity contribution in [2.24, 2.45) is 11.8 Å². The Morgan fingerprint density at radius 1 is 1.10 bits per heavy atom. The number of halogens is 4. The van der Waals surface area contributed by atoms with Gasteiger partial charge in [0.25, 0.3) is 0 Å². The van der Waals surface area contributed by atoms with E-state index in [9.17, 15) is 21.6 Å². The minimum Gasteiger partial charge on any atom is -0.377 e. The third-order valence-corrected chi connectivity index (χ3v) is 7.41. The molecular weight excluding hydrogens is 471 g/mol. The number of allylic oxidation sites excluding steroid dienone is 1. The van der Waals surface area contributed by atoms with Crippen molar-refractivity contribution in [3.05, 3.63) is 42.0 Å². The van der Waals surface area contributed by atoms with Crippen molar-refractivity contribution in [3.63, 3.8) is 0 Å². The molecule has 1 aromatic carbocycles. The van der Waals surface area contributed by atoms with Gasteiger partial charge in [-0.1, -0.05) is 28.1 Å². The molecule has 0 atom stereocenters. The van der Waals surface area contributed by atoms with Gasteiger partial charge < -0.3 is 4.74 Å². The average molecular weight is 498 g/mol. The zero-order valence-corrected chi connectivity index (χ0v) is 18.8. The van der Waals surface area contributed by atoms with Crippen molar-refractivity contribution in [3.8, 4) is 0 Å². The fourth-order valence-corrected chi connectivity index (χ4v) is 4.98. The molecule has 0 spiro atoms. The van der Waals surface area contributed by atoms with Crippen LogP contribution in [0.15, 0.2) is 41.3 Å². The topological polar surface area (TPSA) is 46.6 Å². The Morgan fingerprint density at radius 2 is 1.69 bits per heavy atom. The number of benzene rings is 1. The van der Waals surface area contributed by atoms with Gasteiger partial charge in [0.2, 0.25) is 10.0 Å². The Bertz CT molecular complexity index is 758. The van der Waals surface area contributed by atoms with Gasteiger partial charge in [0.15, 0.2) is 0 Å². The predicted octanol–water partition coefficient (Wildman–Crippen LogP) is 5.10. The molecular formula is C20H27BrF3NO3S. The standard InChI is InChI=1S/C20H27BrF3NO3S/c1-25(29(26,27)19-10-8-18(9-11-19)20(22,23)24)14-16-4-6-17(7-5-16)15-28-13-3-2-12-21/h2-3,8-11,16-17H,4-7,12-15H2,1H3/b3-2+/t16-,17-. The lowest BCUT2D eigenvalue weighted by Gasteiger charge is -2.30. The van der Waals surface area contributed by atoms with Crippen LogP contribution >= 0.6 is 15.9 Å². The molecule has 0 heterocycles. The van der Waals surface area contributed by atoms with E-state index < -0.39 is 21.8 Å². The molecule has 2 rings (SSSR count). The molecule has 0 radical (unpaired) electrons. The third kappa shape index (κ3) is 7.38. The summed E-state index contributed by atoms with van der Waals surface area (Å²) in [6.45, 7) is 1.67. The first-order chi connectivity index (χ1) is 13.6. The van der Waals surface area contributed by atoms with Gasteiger partial charge in [-0.15, -0.1) is 0 Å². The maximum atomic E-state index is 12.7. The molecule has 4 nitrogen and oxygen atoms in total. The number of rotatable bonds is 9. The molecule has 1 aromatic rings. The van der Waals surface area contributed by atoms with E-state index in [0.29, 0.717) is 25.7 Å². The first-order valence-corrected chi connectivity index (χ1v) is 12.1. The normalized spacial score (nSPS) is 21.2. The molecule has 1 aliphatic rings. The van der Waals surface area contributed by atoms with E-state index >= 15 is 0 Å². The fourth-order valence-electron chi connectivity index (χ4n) is 3.47. The summed E-state index contributed by atoms with van der Waals surface area (Å²) in [7, 11) is -2.32. The minimum absolute atomic E-state index is 0.119. The molecule has 0 aromatic heterocycles. The Morgan fingerprint density at radius 3 is 2.24 bits per heavy atom. The highest BCUT2D eigenvalue weighted by atomic mass is 79.9. The Balaban J connectivity index is 1.84. The van der Waals surface area contributed by atoms with Crippen LogP contribution in [-0.4, -0.2) is 44.9 Å². The number of sulfonamides is 1. The average Bonchev–Trinajstić information content (AvgIpc) is 2.68. The number of hydrogen-bond donors (Lipinski definition) is 0. The van der Waals surface area contributed by atoms with Crippen molar-refractivity contribution in [2.45, 2.75) is 36.8 Å². The van der Waals surface area contributed by atoms with Crippen LogP contribution in [0.1, 0.15) is 31.2 Å². The van der Waals surface area contributed by atoms with Gasteiger partial charge in [0.05, 0.1) is 17.1 Å². The largest absolute Gasteiger partial charge is 0.416 e. The van der Waals surface area contributed by atoms with Crippen LogP contribution in [0.5, 0.6) is 0 Å². The Hall–Kier alpha value is -0.900. The summed E-state index contributed by atoms with van der Waals surface area (Å²) in [5.74, 6) is 0.731. The van der Waals surface area contributed by atoms with Crippen molar-refractivity contribution >= 4 is 26.0 Å². The van der Waals surface area contributed by atoms with Crippen molar-refractivity contribution in [2.75, 3.05) is 32.1 Å². The molecule has 1 fully saturated rings. The fraction of sp³-hybridized carbons (Fsp3) is 0.600. The number of hydrogen-bond acceptors (Lipinski definition) is 3. The summed E-state index contributed by atoms with van der Waals surface area (Å²) < 4.78 is 70.3. The van der Waals surface area contributed by atoms with Crippen molar-refractivity contribution < 1.29 is 26.3 Å². The first kappa shape index (κ1) is 24.4. The lowest BCUT2D eigenvalue weighted by Crippen LogP contribution is -2.34. The van der Waals surface area contributed by atoms with Gasteiger partial charge in [-0.25, -0.2) is 12.7 Å². The molecule has 164 valence electrons. The van der Waals surface area contributed by atoms with E-state index in [1.807, 2.05) is 12.2 Å². The maximum Gasteiger partial charge on any atom is 0.416 e. The van der Waals surface area contributed by atoms with Crippen LogP contribution in [0.3, 0.4) is 0 Å². The van der Waals surface area contributed by atoms with Gasteiger partial charge in [-0.05, 0) is 61.8 Å². The minimum atomic E-state index is -4.49. The Labute approximate surface area is 179 Å². The summed E-state index contributed by atoms with van der Waals surface area (Å²) in [5, 5.41) is 0.810. The van der Waals surface area contributed by atoms with Crippen LogP contribution < -0.4 is 0 Å². The number of ether oxygens (including phenoxy) is 1. The number of nitrogens with zero attached hydrogens (tertiary/aromatic N) is 1. The van der Waals surface area contributed by atoms with E-state index in [4.69, 9.17) is 4.74 Å². The monoisotopic (exact) mass is 497 g/mol.